The zero-order valence-corrected chi connectivity index (χ0v) is 19.7. The van der Waals surface area contributed by atoms with E-state index < -0.39 is 0 Å². The van der Waals surface area contributed by atoms with E-state index in [9.17, 15) is 4.79 Å². The van der Waals surface area contributed by atoms with Crippen LogP contribution in [0.1, 0.15) is 18.6 Å². The van der Waals surface area contributed by atoms with Gasteiger partial charge in [-0.2, -0.15) is 0 Å². The third kappa shape index (κ3) is 3.01. The fourth-order valence-electron chi connectivity index (χ4n) is 4.49. The molecule has 0 spiro atoms. The highest BCUT2D eigenvalue weighted by Gasteiger charge is 2.17. The summed E-state index contributed by atoms with van der Waals surface area (Å²) in [5.41, 5.74) is 5.33. The van der Waals surface area contributed by atoms with Gasteiger partial charge in [0.15, 0.2) is 11.3 Å². The third-order valence-corrected chi connectivity index (χ3v) is 7.36. The normalized spacial score (nSPS) is 12.1. The topological polar surface area (TPSA) is 105 Å². The van der Waals surface area contributed by atoms with Crippen LogP contribution in [0, 0.1) is 5.92 Å². The molecule has 0 fully saturated rings. The molecule has 0 radical (unpaired) electrons. The zero-order chi connectivity index (χ0) is 23.7. The highest BCUT2D eigenvalue weighted by atomic mass is 32.1. The van der Waals surface area contributed by atoms with Crippen LogP contribution in [0.5, 0.6) is 0 Å². The van der Waals surface area contributed by atoms with E-state index in [0.717, 1.165) is 53.5 Å². The van der Waals surface area contributed by atoms with Crippen molar-refractivity contribution in [2.45, 2.75) is 13.8 Å². The number of aromatic nitrogens is 7. The van der Waals surface area contributed by atoms with Gasteiger partial charge in [-0.1, -0.05) is 26.0 Å². The Kier molecular flexibility index (Phi) is 4.19. The number of nitrogens with zero attached hydrogens (tertiary/aromatic N) is 5. The van der Waals surface area contributed by atoms with Gasteiger partial charge in [0.05, 0.1) is 22.7 Å². The highest BCUT2D eigenvalue weighted by Crippen LogP contribution is 2.32. The van der Waals surface area contributed by atoms with Gasteiger partial charge in [0, 0.05) is 44.7 Å². The summed E-state index contributed by atoms with van der Waals surface area (Å²) in [5.74, 6) is -0.180. The Hall–Kier alpha value is -4.37. The van der Waals surface area contributed by atoms with Crippen LogP contribution in [0.15, 0.2) is 61.1 Å². The summed E-state index contributed by atoms with van der Waals surface area (Å²) >= 11 is 1.55. The Bertz CT molecular complexity index is 1970. The SMILES string of the molecule is CC(C)C(=O)n1c2cncc(c2)c2cnc3[nH][nH]c(c4nc5cccc(c6ccc1s6)c5n4)-c3c2. The van der Waals surface area contributed by atoms with Gasteiger partial charge in [-0.05, 0) is 30.3 Å². The van der Waals surface area contributed by atoms with E-state index in [4.69, 9.17) is 9.97 Å². The van der Waals surface area contributed by atoms with Gasteiger partial charge in [-0.25, -0.2) is 15.0 Å². The lowest BCUT2D eigenvalue weighted by Gasteiger charge is -2.10. The Labute approximate surface area is 202 Å². The van der Waals surface area contributed by atoms with E-state index >= 15 is 0 Å². The number of pyridine rings is 2. The molecule has 2 aliphatic rings. The number of thiophene rings is 1. The molecule has 8 nitrogen and oxygen atoms in total. The maximum absolute atomic E-state index is 13.4. The average molecular weight is 478 g/mol. The van der Waals surface area contributed by atoms with Gasteiger partial charge in [-0.15, -0.1) is 11.3 Å². The monoisotopic (exact) mass is 477 g/mol. The van der Waals surface area contributed by atoms with Gasteiger partial charge >= 0.3 is 0 Å². The summed E-state index contributed by atoms with van der Waals surface area (Å²) in [6.45, 7) is 3.82. The number of rotatable bonds is 1. The fourth-order valence-corrected chi connectivity index (χ4v) is 5.55. The van der Waals surface area contributed by atoms with Crippen molar-refractivity contribution in [2.24, 2.45) is 5.92 Å². The van der Waals surface area contributed by atoms with E-state index in [1.54, 1.807) is 34.5 Å². The lowest BCUT2D eigenvalue weighted by atomic mass is 10.1. The highest BCUT2D eigenvalue weighted by molar-refractivity contribution is 7.24. The lowest BCUT2D eigenvalue weighted by molar-refractivity contribution is 0.0865. The number of hydrogen-bond donors (Lipinski definition) is 2. The molecule has 0 amide bonds. The van der Waals surface area contributed by atoms with Gasteiger partial charge < -0.3 is 0 Å². The van der Waals surface area contributed by atoms with Crippen molar-refractivity contribution in [3.05, 3.63) is 61.1 Å². The molecule has 8 bridgehead atoms. The van der Waals surface area contributed by atoms with Crippen LogP contribution in [0.3, 0.4) is 0 Å². The summed E-state index contributed by atoms with van der Waals surface area (Å²) < 4.78 is 2.78. The lowest BCUT2D eigenvalue weighted by Crippen LogP contribution is -2.17. The Morgan fingerprint density at radius 3 is 2.77 bits per heavy atom. The van der Waals surface area contributed by atoms with Crippen LogP contribution in [-0.2, 0) is 0 Å². The Morgan fingerprint density at radius 2 is 1.89 bits per heavy atom. The second-order valence-corrected chi connectivity index (χ2v) is 9.93. The number of fused-ring (bicyclic) bond motifs is 9. The van der Waals surface area contributed by atoms with Crippen LogP contribution in [-0.4, -0.2) is 40.6 Å². The first-order valence-electron chi connectivity index (χ1n) is 11.3. The van der Waals surface area contributed by atoms with Gasteiger partial charge in [0.25, 0.3) is 0 Å². The molecule has 1 aromatic carbocycles. The smallest absolute Gasteiger partial charge is 0.234 e. The molecular formula is C26H19N7OS. The van der Waals surface area contributed by atoms with E-state index in [0.29, 0.717) is 11.3 Å². The predicted octanol–water partition coefficient (Wildman–Crippen LogP) is 6.08. The first-order valence-corrected chi connectivity index (χ1v) is 12.1. The molecule has 2 aliphatic heterocycles. The van der Waals surface area contributed by atoms with Crippen molar-refractivity contribution in [3.8, 4) is 11.3 Å². The third-order valence-electron chi connectivity index (χ3n) is 6.25. The number of carbonyl (C=O) groups excluding carboxylic acids is 1. The number of H-pyrrole nitrogens is 2. The van der Waals surface area contributed by atoms with Crippen LogP contribution in [0.4, 0.5) is 0 Å². The quantitative estimate of drug-likeness (QED) is 0.298. The van der Waals surface area contributed by atoms with E-state index in [1.807, 2.05) is 56.3 Å². The summed E-state index contributed by atoms with van der Waals surface area (Å²) in [6, 6.07) is 14.1. The molecule has 0 aliphatic carbocycles. The fraction of sp³-hybridized carbons (Fsp3) is 0.115. The first-order chi connectivity index (χ1) is 17.1. The average Bonchev–Trinajstić information content (AvgIpc) is 3.61. The number of para-hydroxylation sites is 1. The van der Waals surface area contributed by atoms with Crippen LogP contribution < -0.4 is 0 Å². The molecule has 0 saturated carbocycles. The second kappa shape index (κ2) is 7.31. The van der Waals surface area contributed by atoms with Gasteiger partial charge in [0.2, 0.25) is 5.91 Å². The molecule has 4 aromatic heterocycles. The summed E-state index contributed by atoms with van der Waals surface area (Å²) in [7, 11) is 0. The van der Waals surface area contributed by atoms with Crippen LogP contribution in [0.25, 0.3) is 64.8 Å². The van der Waals surface area contributed by atoms with Crippen molar-refractivity contribution < 1.29 is 4.79 Å². The number of hydrogen-bond acceptors (Lipinski definition) is 6. The van der Waals surface area contributed by atoms with Crippen molar-refractivity contribution in [1.29, 1.82) is 0 Å². The maximum atomic E-state index is 13.4. The standard InChI is InChI=1S/C26H19N7OS/c1-13(2)26(34)33-16-8-14(10-27-12-16)15-9-18-23(31-32-24(18)28-11-15)25-29-19-5-3-4-17(22(19)30-25)20-6-7-21(33)35-20/h3-13,31H,1-2H3,(H,28,32). The minimum Gasteiger partial charge on any atom is -0.295 e. The Balaban J connectivity index is 1.75. The van der Waals surface area contributed by atoms with Crippen LogP contribution in [0.2, 0.25) is 0 Å². The molecule has 9 heteroatoms. The Morgan fingerprint density at radius 1 is 1.00 bits per heavy atom. The molecule has 0 unspecified atom stereocenters. The number of imidazole rings is 1. The first kappa shape index (κ1) is 20.0. The molecule has 35 heavy (non-hydrogen) atoms. The van der Waals surface area contributed by atoms with E-state index in [1.165, 1.54) is 0 Å². The predicted molar refractivity (Wildman–Crippen MR) is 139 cm³/mol. The minimum absolute atomic E-state index is 0.00589. The molecule has 2 N–H and O–H groups in total. The van der Waals surface area contributed by atoms with E-state index in [-0.39, 0.29) is 11.8 Å². The van der Waals surface area contributed by atoms with Crippen LogP contribution >= 0.6 is 11.3 Å². The number of nitrogens with one attached hydrogen (secondary N) is 2. The van der Waals surface area contributed by atoms with Crippen molar-refractivity contribution in [2.75, 3.05) is 0 Å². The summed E-state index contributed by atoms with van der Waals surface area (Å²) in [5, 5.41) is 9.06. The number of aromatic amines is 2. The van der Waals surface area contributed by atoms with Crippen molar-refractivity contribution >= 4 is 70.8 Å². The zero-order valence-electron chi connectivity index (χ0n) is 18.9. The molecule has 7 rings (SSSR count). The number of benzene rings is 1. The van der Waals surface area contributed by atoms with E-state index in [2.05, 4.69) is 20.2 Å². The van der Waals surface area contributed by atoms with Gasteiger partial charge in [-0.3, -0.25) is 24.5 Å². The minimum atomic E-state index is -0.186. The van der Waals surface area contributed by atoms with Gasteiger partial charge in [0.1, 0.15) is 10.5 Å². The molecule has 170 valence electrons. The molecule has 0 saturated heterocycles. The number of carbonyl (C=O) groups is 1. The molecule has 5 aromatic rings. The largest absolute Gasteiger partial charge is 0.295 e. The van der Waals surface area contributed by atoms with Crippen molar-refractivity contribution in [3.63, 3.8) is 0 Å². The molecular weight excluding hydrogens is 458 g/mol. The maximum Gasteiger partial charge on any atom is 0.234 e. The van der Waals surface area contributed by atoms with Crippen molar-refractivity contribution in [1.82, 2.24) is 34.7 Å². The molecule has 0 atom stereocenters. The molecule has 6 heterocycles. The summed E-state index contributed by atoms with van der Waals surface area (Å²) in [4.78, 5) is 33.1. The second-order valence-electron chi connectivity index (χ2n) is 8.86. The summed E-state index contributed by atoms with van der Waals surface area (Å²) in [6.07, 6.45) is 5.32.